The van der Waals surface area contributed by atoms with Crippen LogP contribution in [0.25, 0.3) is 11.0 Å². The third-order valence-corrected chi connectivity index (χ3v) is 5.86. The third-order valence-electron chi connectivity index (χ3n) is 5.86. The highest BCUT2D eigenvalue weighted by molar-refractivity contribution is 5.77. The van der Waals surface area contributed by atoms with Gasteiger partial charge in [0, 0.05) is 19.5 Å². The van der Waals surface area contributed by atoms with Crippen LogP contribution < -0.4 is 14.8 Å². The van der Waals surface area contributed by atoms with Gasteiger partial charge < -0.3 is 19.4 Å². The van der Waals surface area contributed by atoms with Gasteiger partial charge >= 0.3 is 0 Å². The van der Waals surface area contributed by atoms with Crippen LogP contribution in [0.3, 0.4) is 0 Å². The molecule has 4 rings (SSSR count). The van der Waals surface area contributed by atoms with Crippen molar-refractivity contribution in [2.24, 2.45) is 0 Å². The molecule has 0 aliphatic heterocycles. The monoisotopic (exact) mass is 457 g/mol. The Hall–Kier alpha value is -3.80. The summed E-state index contributed by atoms with van der Waals surface area (Å²) >= 11 is 0. The Bertz CT molecular complexity index is 1230. The normalized spacial score (nSPS) is 10.9. The van der Waals surface area contributed by atoms with E-state index >= 15 is 0 Å². The van der Waals surface area contributed by atoms with Gasteiger partial charge in [-0.05, 0) is 61.7 Å². The first-order valence-corrected chi connectivity index (χ1v) is 11.7. The van der Waals surface area contributed by atoms with Crippen LogP contribution in [-0.2, 0) is 17.8 Å². The summed E-state index contributed by atoms with van der Waals surface area (Å²) in [7, 11) is 0. The van der Waals surface area contributed by atoms with Gasteiger partial charge in [0.2, 0.25) is 0 Å². The second-order valence-corrected chi connectivity index (χ2v) is 8.27. The van der Waals surface area contributed by atoms with Crippen LogP contribution in [0, 0.1) is 13.8 Å². The lowest BCUT2D eigenvalue weighted by atomic mass is 10.1. The van der Waals surface area contributed by atoms with Crippen molar-refractivity contribution in [1.82, 2.24) is 14.9 Å². The van der Waals surface area contributed by atoms with E-state index in [0.717, 1.165) is 35.6 Å². The van der Waals surface area contributed by atoms with Crippen LogP contribution in [-0.4, -0.2) is 35.2 Å². The molecule has 6 heteroatoms. The molecule has 0 saturated carbocycles. The molecule has 0 atom stereocenters. The molecule has 1 N–H and O–H groups in total. The fourth-order valence-electron chi connectivity index (χ4n) is 3.88. The summed E-state index contributed by atoms with van der Waals surface area (Å²) in [6, 6.07) is 23.6. The Kier molecular flexibility index (Phi) is 7.81. The number of aryl methyl sites for hydroxylation is 2. The predicted molar refractivity (Wildman–Crippen MR) is 134 cm³/mol. The van der Waals surface area contributed by atoms with E-state index in [4.69, 9.17) is 14.5 Å². The van der Waals surface area contributed by atoms with E-state index in [1.54, 1.807) is 0 Å². The largest absolute Gasteiger partial charge is 0.493 e. The number of benzene rings is 3. The van der Waals surface area contributed by atoms with Crippen molar-refractivity contribution in [3.8, 4) is 11.5 Å². The first-order valence-electron chi connectivity index (χ1n) is 11.7. The highest BCUT2D eigenvalue weighted by Gasteiger charge is 2.11. The standard InChI is InChI=1S/C28H31N3O3/c1-21-10-8-15-26(22(21)2)33-19-9-18-31-25-14-7-6-13-24(25)30-27(31)16-17-29-28(32)20-34-23-11-4-3-5-12-23/h3-8,10-15H,9,16-20H2,1-2H3,(H,29,32). The Labute approximate surface area is 200 Å². The van der Waals surface area contributed by atoms with Gasteiger partial charge in [0.05, 0.1) is 17.6 Å². The molecule has 4 aromatic rings. The first-order chi connectivity index (χ1) is 16.6. The highest BCUT2D eigenvalue weighted by Crippen LogP contribution is 2.21. The molecule has 1 aromatic heterocycles. The van der Waals surface area contributed by atoms with Gasteiger partial charge in [-0.2, -0.15) is 0 Å². The second kappa shape index (κ2) is 11.4. The number of para-hydroxylation sites is 3. The summed E-state index contributed by atoms with van der Waals surface area (Å²) in [5.41, 5.74) is 4.48. The number of carbonyl (C=O) groups is 1. The lowest BCUT2D eigenvalue weighted by molar-refractivity contribution is -0.123. The topological polar surface area (TPSA) is 65.4 Å². The number of nitrogens with zero attached hydrogens (tertiary/aromatic N) is 2. The maximum atomic E-state index is 12.2. The number of carbonyl (C=O) groups excluding carboxylic acids is 1. The van der Waals surface area contributed by atoms with Gasteiger partial charge in [-0.25, -0.2) is 4.98 Å². The molecular formula is C28H31N3O3. The van der Waals surface area contributed by atoms with E-state index in [1.807, 2.05) is 60.7 Å². The van der Waals surface area contributed by atoms with Crippen LogP contribution in [0.2, 0.25) is 0 Å². The number of amides is 1. The number of aromatic nitrogens is 2. The van der Waals surface area contributed by atoms with E-state index in [-0.39, 0.29) is 12.5 Å². The minimum Gasteiger partial charge on any atom is -0.493 e. The van der Waals surface area contributed by atoms with Gasteiger partial charge in [0.25, 0.3) is 5.91 Å². The Morgan fingerprint density at radius 2 is 1.74 bits per heavy atom. The summed E-state index contributed by atoms with van der Waals surface area (Å²) in [5, 5.41) is 2.93. The number of ether oxygens (including phenoxy) is 2. The van der Waals surface area contributed by atoms with Gasteiger partial charge in [0.1, 0.15) is 17.3 Å². The maximum Gasteiger partial charge on any atom is 0.257 e. The first kappa shape index (κ1) is 23.4. The molecule has 1 heterocycles. The maximum absolute atomic E-state index is 12.2. The van der Waals surface area contributed by atoms with E-state index in [1.165, 1.54) is 11.1 Å². The molecule has 1 amide bonds. The zero-order valence-corrected chi connectivity index (χ0v) is 19.8. The van der Waals surface area contributed by atoms with Crippen LogP contribution in [0.15, 0.2) is 72.8 Å². The molecule has 0 fully saturated rings. The minimum absolute atomic E-state index is 0.00382. The summed E-state index contributed by atoms with van der Waals surface area (Å²) < 4.78 is 13.8. The SMILES string of the molecule is Cc1cccc(OCCCn2c(CCNC(=O)COc3ccccc3)nc3ccccc32)c1C. The Morgan fingerprint density at radius 1 is 0.941 bits per heavy atom. The number of hydrogen-bond donors (Lipinski definition) is 1. The molecule has 0 aliphatic rings. The van der Waals surface area contributed by atoms with Crippen molar-refractivity contribution in [3.63, 3.8) is 0 Å². The Morgan fingerprint density at radius 3 is 2.59 bits per heavy atom. The average molecular weight is 458 g/mol. The molecule has 176 valence electrons. The molecule has 34 heavy (non-hydrogen) atoms. The van der Waals surface area contributed by atoms with Gasteiger partial charge in [-0.1, -0.05) is 42.5 Å². The van der Waals surface area contributed by atoms with Crippen molar-refractivity contribution >= 4 is 16.9 Å². The molecule has 0 aliphatic carbocycles. The lowest BCUT2D eigenvalue weighted by Gasteiger charge is -2.13. The zero-order chi connectivity index (χ0) is 23.8. The summed E-state index contributed by atoms with van der Waals surface area (Å²) in [5.74, 6) is 2.43. The smallest absolute Gasteiger partial charge is 0.257 e. The summed E-state index contributed by atoms with van der Waals surface area (Å²) in [4.78, 5) is 17.0. The van der Waals surface area contributed by atoms with Gasteiger partial charge in [0.15, 0.2) is 6.61 Å². The highest BCUT2D eigenvalue weighted by atomic mass is 16.5. The average Bonchev–Trinajstić information content (AvgIpc) is 3.21. The molecule has 3 aromatic carbocycles. The lowest BCUT2D eigenvalue weighted by Crippen LogP contribution is -2.31. The van der Waals surface area contributed by atoms with Crippen molar-refractivity contribution in [2.45, 2.75) is 33.2 Å². The van der Waals surface area contributed by atoms with Crippen LogP contribution >= 0.6 is 0 Å². The molecule has 0 unspecified atom stereocenters. The number of fused-ring (bicyclic) bond motifs is 1. The van der Waals surface area contributed by atoms with Crippen molar-refractivity contribution in [2.75, 3.05) is 19.8 Å². The predicted octanol–water partition coefficient (Wildman–Crippen LogP) is 4.86. The summed E-state index contributed by atoms with van der Waals surface area (Å²) in [6.45, 7) is 6.11. The van der Waals surface area contributed by atoms with Crippen LogP contribution in [0.5, 0.6) is 11.5 Å². The molecule has 0 saturated heterocycles. The van der Waals surface area contributed by atoms with Crippen molar-refractivity contribution in [3.05, 3.63) is 89.7 Å². The summed E-state index contributed by atoms with van der Waals surface area (Å²) in [6.07, 6.45) is 1.50. The van der Waals surface area contributed by atoms with E-state index in [2.05, 4.69) is 35.9 Å². The van der Waals surface area contributed by atoms with Crippen LogP contribution in [0.4, 0.5) is 0 Å². The zero-order valence-electron chi connectivity index (χ0n) is 19.8. The molecule has 0 spiro atoms. The molecule has 0 bridgehead atoms. The van der Waals surface area contributed by atoms with E-state index < -0.39 is 0 Å². The van der Waals surface area contributed by atoms with Crippen LogP contribution in [0.1, 0.15) is 23.4 Å². The number of nitrogens with one attached hydrogen (secondary N) is 1. The van der Waals surface area contributed by atoms with E-state index in [0.29, 0.717) is 25.3 Å². The number of rotatable bonds is 11. The quantitative estimate of drug-likeness (QED) is 0.327. The second-order valence-electron chi connectivity index (χ2n) is 8.27. The molecule has 0 radical (unpaired) electrons. The molecule has 6 nitrogen and oxygen atoms in total. The minimum atomic E-state index is -0.145. The van der Waals surface area contributed by atoms with Crippen molar-refractivity contribution < 1.29 is 14.3 Å². The molecular weight excluding hydrogens is 426 g/mol. The fourth-order valence-corrected chi connectivity index (χ4v) is 3.88. The number of hydrogen-bond acceptors (Lipinski definition) is 4. The van der Waals surface area contributed by atoms with E-state index in [9.17, 15) is 4.79 Å². The van der Waals surface area contributed by atoms with Crippen molar-refractivity contribution in [1.29, 1.82) is 0 Å². The van der Waals surface area contributed by atoms with Gasteiger partial charge in [-0.15, -0.1) is 0 Å². The fraction of sp³-hybridized carbons (Fsp3) is 0.286. The number of imidazole rings is 1. The Balaban J connectivity index is 1.31. The third kappa shape index (κ3) is 5.95. The van der Waals surface area contributed by atoms with Gasteiger partial charge in [-0.3, -0.25) is 4.79 Å².